The van der Waals surface area contributed by atoms with E-state index in [1.807, 2.05) is 6.08 Å². The molecule has 0 aliphatic heterocycles. The summed E-state index contributed by atoms with van der Waals surface area (Å²) < 4.78 is 33.1. The van der Waals surface area contributed by atoms with Gasteiger partial charge in [0.15, 0.2) is 0 Å². The molecule has 0 N–H and O–H groups in total. The molecule has 0 amide bonds. The lowest BCUT2D eigenvalue weighted by molar-refractivity contribution is -0.387. The first kappa shape index (κ1) is 20.0. The molecule has 7 nitrogen and oxygen atoms in total. The van der Waals surface area contributed by atoms with Gasteiger partial charge in [-0.25, -0.2) is 4.98 Å². The maximum Gasteiger partial charge on any atom is 0.351 e. The number of nitrogens with zero attached hydrogens (tertiary/aromatic N) is 3. The molecule has 10 heteroatoms. The summed E-state index contributed by atoms with van der Waals surface area (Å²) >= 11 is 0. The molecule has 0 bridgehead atoms. The highest BCUT2D eigenvalue weighted by atomic mass is 32.7. The van der Waals surface area contributed by atoms with Crippen molar-refractivity contribution in [1.82, 2.24) is 9.97 Å². The van der Waals surface area contributed by atoms with Gasteiger partial charge in [0, 0.05) is 16.2 Å². The number of rotatable bonds is 11. The van der Waals surface area contributed by atoms with Gasteiger partial charge in [0.1, 0.15) is 25.2 Å². The molecule has 1 saturated carbocycles. The second kappa shape index (κ2) is 10.4. The summed E-state index contributed by atoms with van der Waals surface area (Å²) in [4.78, 5) is 19.4. The van der Waals surface area contributed by atoms with E-state index < -0.39 is 22.9 Å². The summed E-state index contributed by atoms with van der Waals surface area (Å²) in [6.45, 7) is 9.10. The van der Waals surface area contributed by atoms with Crippen molar-refractivity contribution in [2.75, 3.05) is 5.75 Å². The largest absolute Gasteiger partial charge is 0.469 e. The summed E-state index contributed by atoms with van der Waals surface area (Å²) in [6.07, 6.45) is 4.79. The normalized spacial score (nSPS) is 27.4. The lowest BCUT2D eigenvalue weighted by Gasteiger charge is -2.24. The Bertz CT molecular complexity index is 807. The van der Waals surface area contributed by atoms with E-state index in [1.165, 1.54) is 0 Å². The predicted octanol–water partition coefficient (Wildman–Crippen LogP) is 3.54. The third-order valence-electron chi connectivity index (χ3n) is 5.42. The van der Waals surface area contributed by atoms with Gasteiger partial charge in [-0.1, -0.05) is 20.6 Å². The molecular formula is C18H28BN3O4PS. The van der Waals surface area contributed by atoms with Gasteiger partial charge in [0.05, 0.1) is 6.20 Å². The zero-order valence-corrected chi connectivity index (χ0v) is 18.2. The first-order valence-corrected chi connectivity index (χ1v) is 12.2. The molecule has 2 unspecified atom stereocenters. The fourth-order valence-electron chi connectivity index (χ4n) is 4.04. The zero-order chi connectivity index (χ0) is 22.4. The highest BCUT2D eigenvalue weighted by Gasteiger charge is 2.43. The monoisotopic (exact) mass is 427 g/mol. The van der Waals surface area contributed by atoms with Crippen LogP contribution in [0.5, 0.6) is 5.88 Å². The van der Waals surface area contributed by atoms with E-state index in [9.17, 15) is 14.3 Å². The number of aryl methyl sites for hydroxylation is 2. The van der Waals surface area contributed by atoms with E-state index in [2.05, 4.69) is 23.5 Å². The molecule has 28 heavy (non-hydrogen) atoms. The van der Waals surface area contributed by atoms with Crippen LogP contribution in [0.25, 0.3) is 0 Å². The molecule has 2 rings (SSSR count). The van der Waals surface area contributed by atoms with Crippen molar-refractivity contribution >= 4 is 31.2 Å². The fraction of sp³-hybridized carbons (Fsp3) is 0.667. The second-order valence-corrected chi connectivity index (χ2v) is 10.4. The third-order valence-corrected chi connectivity index (χ3v) is 7.50. The third kappa shape index (κ3) is 5.60. The molecule has 0 aromatic carbocycles. The van der Waals surface area contributed by atoms with Crippen LogP contribution in [-0.2, 0) is 10.4 Å². The van der Waals surface area contributed by atoms with Crippen molar-refractivity contribution in [3.8, 4) is 5.88 Å². The first-order chi connectivity index (χ1) is 14.2. The van der Waals surface area contributed by atoms with Crippen molar-refractivity contribution in [3.05, 3.63) is 34.3 Å². The molecule has 1 radical (unpaired) electrons. The van der Waals surface area contributed by atoms with Crippen LogP contribution in [0.1, 0.15) is 44.1 Å². The summed E-state index contributed by atoms with van der Waals surface area (Å²) in [6, 6.07) is 0. The molecule has 1 aliphatic rings. The highest BCUT2D eigenvalue weighted by molar-refractivity contribution is 8.46. The first-order valence-electron chi connectivity index (χ1n) is 10.4. The van der Waals surface area contributed by atoms with E-state index in [1.54, 1.807) is 13.8 Å². The average Bonchev–Trinajstić information content (AvgIpc) is 2.97. The van der Waals surface area contributed by atoms with Crippen molar-refractivity contribution in [2.24, 2.45) is 17.8 Å². The van der Waals surface area contributed by atoms with Gasteiger partial charge in [0.2, 0.25) is 0 Å². The van der Waals surface area contributed by atoms with Crippen LogP contribution in [0.15, 0.2) is 12.7 Å². The maximum atomic E-state index is 12.1. The van der Waals surface area contributed by atoms with E-state index in [4.69, 9.17) is 7.35 Å². The van der Waals surface area contributed by atoms with Gasteiger partial charge in [-0.2, -0.15) is 4.98 Å². The van der Waals surface area contributed by atoms with Crippen LogP contribution < -0.4 is 4.74 Å². The predicted molar refractivity (Wildman–Crippen MR) is 116 cm³/mol. The van der Waals surface area contributed by atoms with Crippen LogP contribution in [0.3, 0.4) is 0 Å². The van der Waals surface area contributed by atoms with Crippen LogP contribution >= 0.6 is 7.61 Å². The lowest BCUT2D eigenvalue weighted by atomic mass is 9.94. The Balaban J connectivity index is 2.23. The summed E-state index contributed by atoms with van der Waals surface area (Å²) in [5, 5.41) is 11.6. The molecule has 1 heterocycles. The molecule has 1 aliphatic carbocycles. The number of allylic oxidation sites excluding steroid dienone is 1. The second-order valence-electron chi connectivity index (χ2n) is 7.25. The van der Waals surface area contributed by atoms with Crippen molar-refractivity contribution < 1.29 is 13.9 Å². The molecule has 1 aromatic heterocycles. The Labute approximate surface area is 174 Å². The zero-order valence-electron chi connectivity index (χ0n) is 18.5. The number of hydrogen-bond donors (Lipinski definition) is 0. The Kier molecular flexibility index (Phi) is 7.44. The summed E-state index contributed by atoms with van der Waals surface area (Å²) in [5.74, 6) is 1.30. The lowest BCUT2D eigenvalue weighted by Crippen LogP contribution is -2.29. The molecule has 6 atom stereocenters. The molecule has 153 valence electrons. The van der Waals surface area contributed by atoms with Gasteiger partial charge in [0.25, 0.3) is 5.88 Å². The number of aromatic nitrogens is 2. The maximum absolute atomic E-state index is 12.1. The quantitative estimate of drug-likeness (QED) is 0.176. The summed E-state index contributed by atoms with van der Waals surface area (Å²) in [7, 11) is -2.01. The van der Waals surface area contributed by atoms with E-state index in [0.717, 1.165) is 26.8 Å². The molecule has 0 spiro atoms. The number of nitro groups is 1. The van der Waals surface area contributed by atoms with Crippen molar-refractivity contribution in [1.29, 1.82) is 2.61 Å². The molecule has 1 fully saturated rings. The molecular weight excluding hydrogens is 396 g/mol. The fourth-order valence-corrected chi connectivity index (χ4v) is 5.28. The van der Waals surface area contributed by atoms with Crippen LogP contribution in [0.4, 0.5) is 5.69 Å². The average molecular weight is 427 g/mol. The molecule has 1 aromatic rings. The van der Waals surface area contributed by atoms with Crippen LogP contribution in [0.2, 0.25) is 0 Å². The molecule has 0 saturated heterocycles. The van der Waals surface area contributed by atoms with E-state index in [0.29, 0.717) is 18.0 Å². The van der Waals surface area contributed by atoms with Crippen LogP contribution in [0, 0.1) is 41.7 Å². The van der Waals surface area contributed by atoms with Gasteiger partial charge in [-0.05, 0) is 58.6 Å². The minimum Gasteiger partial charge on any atom is -0.469 e. The Morgan fingerprint density at radius 3 is 2.93 bits per heavy atom. The Morgan fingerprint density at radius 1 is 1.54 bits per heavy atom. The van der Waals surface area contributed by atoms with E-state index >= 15 is 0 Å². The standard InChI is InChI=1S/C18H28BN3O4PS/c1-5-6-7-15-10-14(8-9-28(25)27-19)11(2)17(15)26-18-16(22(23)24)12(3)20-13(4)21-18/h5,11,14-15,17,19,27H,1,6-10H2,2-4H3/t11-,14+,15+,17-,27?,28?/m1/s1/i19T,27D. The van der Waals surface area contributed by atoms with Gasteiger partial charge < -0.3 is 4.74 Å². The smallest absolute Gasteiger partial charge is 0.351 e. The van der Waals surface area contributed by atoms with Gasteiger partial charge in [-0.3, -0.25) is 14.3 Å². The van der Waals surface area contributed by atoms with Gasteiger partial charge in [-0.15, -0.1) is 6.58 Å². The van der Waals surface area contributed by atoms with Gasteiger partial charge >= 0.3 is 5.69 Å². The van der Waals surface area contributed by atoms with Crippen molar-refractivity contribution in [3.63, 3.8) is 0 Å². The minimum absolute atomic E-state index is 0.00756. The minimum atomic E-state index is -1.64. The Hall–Kier alpha value is -1.34. The van der Waals surface area contributed by atoms with Crippen LogP contribution in [-0.4, -0.2) is 41.1 Å². The number of hydrogen-bond acceptors (Lipinski definition) is 6. The Morgan fingerprint density at radius 2 is 2.29 bits per heavy atom. The van der Waals surface area contributed by atoms with E-state index in [-0.39, 0.29) is 41.1 Å². The SMILES string of the molecule is [2H]P([B][3H])S(=O)CC[C@H]1C[C@H](CCC=C)[C@H](Oc2nc(C)nc(C)c2[N+](=O)[O-])[C@@H]1C. The highest BCUT2D eigenvalue weighted by Crippen LogP contribution is 2.44. The number of ether oxygens (including phenoxy) is 1. The topological polar surface area (TPSA) is 95.2 Å². The summed E-state index contributed by atoms with van der Waals surface area (Å²) in [5.41, 5.74) is 0.0730. The van der Waals surface area contributed by atoms with Crippen molar-refractivity contribution in [2.45, 2.75) is 52.6 Å².